The van der Waals surface area contributed by atoms with Crippen molar-refractivity contribution < 1.29 is 0 Å². The Morgan fingerprint density at radius 1 is 1.16 bits per heavy atom. The summed E-state index contributed by atoms with van der Waals surface area (Å²) in [5.74, 6) is 0.916. The predicted octanol–water partition coefficient (Wildman–Crippen LogP) is 3.29. The fourth-order valence-corrected chi connectivity index (χ4v) is 3.21. The summed E-state index contributed by atoms with van der Waals surface area (Å²) in [5, 5.41) is 3.78. The summed E-state index contributed by atoms with van der Waals surface area (Å²) in [6.45, 7) is 8.38. The van der Waals surface area contributed by atoms with Crippen LogP contribution in [-0.2, 0) is 0 Å². The maximum absolute atomic E-state index is 3.78. The monoisotopic (exact) mass is 258 g/mol. The molecular formula is C17H26N2. The number of rotatable bonds is 4. The Hall–Kier alpha value is -1.02. The highest BCUT2D eigenvalue weighted by Crippen LogP contribution is 2.51. The molecule has 1 aromatic rings. The molecule has 19 heavy (non-hydrogen) atoms. The Labute approximate surface area is 117 Å². The number of hydrogen-bond donors (Lipinski definition) is 1. The first-order chi connectivity index (χ1) is 9.15. The van der Waals surface area contributed by atoms with Crippen LogP contribution in [0.3, 0.4) is 0 Å². The van der Waals surface area contributed by atoms with E-state index in [4.69, 9.17) is 0 Å². The Bertz CT molecular complexity index is 405. The molecule has 0 spiro atoms. The molecule has 0 radical (unpaired) electrons. The SMILES string of the molecule is CC1(C)CC1CNC1CCN(c2ccccc2)CC1. The summed E-state index contributed by atoms with van der Waals surface area (Å²) in [4.78, 5) is 2.51. The van der Waals surface area contributed by atoms with Gasteiger partial charge in [-0.15, -0.1) is 0 Å². The molecule has 2 nitrogen and oxygen atoms in total. The lowest BCUT2D eigenvalue weighted by Gasteiger charge is -2.34. The van der Waals surface area contributed by atoms with Crippen LogP contribution in [0.5, 0.6) is 0 Å². The molecule has 1 saturated carbocycles. The van der Waals surface area contributed by atoms with E-state index in [9.17, 15) is 0 Å². The average molecular weight is 258 g/mol. The third kappa shape index (κ3) is 3.11. The van der Waals surface area contributed by atoms with Gasteiger partial charge in [0.1, 0.15) is 0 Å². The molecule has 2 heteroatoms. The lowest BCUT2D eigenvalue weighted by Crippen LogP contribution is -2.43. The molecule has 1 saturated heterocycles. The van der Waals surface area contributed by atoms with Gasteiger partial charge in [0.2, 0.25) is 0 Å². The van der Waals surface area contributed by atoms with E-state index in [1.165, 1.54) is 44.6 Å². The van der Waals surface area contributed by atoms with Gasteiger partial charge in [0.05, 0.1) is 0 Å². The molecule has 1 heterocycles. The van der Waals surface area contributed by atoms with Crippen molar-refractivity contribution in [2.45, 2.75) is 39.2 Å². The van der Waals surface area contributed by atoms with Gasteiger partial charge >= 0.3 is 0 Å². The molecule has 2 aliphatic rings. The van der Waals surface area contributed by atoms with E-state index in [1.807, 2.05) is 0 Å². The smallest absolute Gasteiger partial charge is 0.0366 e. The minimum absolute atomic E-state index is 0.609. The highest BCUT2D eigenvalue weighted by atomic mass is 15.1. The van der Waals surface area contributed by atoms with E-state index in [0.717, 1.165) is 12.0 Å². The van der Waals surface area contributed by atoms with Crippen LogP contribution in [0.2, 0.25) is 0 Å². The Morgan fingerprint density at radius 3 is 2.37 bits per heavy atom. The molecule has 1 N–H and O–H groups in total. The molecule has 0 aromatic heterocycles. The van der Waals surface area contributed by atoms with Crippen molar-refractivity contribution in [2.24, 2.45) is 11.3 Å². The topological polar surface area (TPSA) is 15.3 Å². The lowest BCUT2D eigenvalue weighted by atomic mass is 10.0. The highest BCUT2D eigenvalue weighted by Gasteiger charge is 2.45. The molecule has 0 amide bonds. The molecule has 0 bridgehead atoms. The fourth-order valence-electron chi connectivity index (χ4n) is 3.21. The van der Waals surface area contributed by atoms with Gasteiger partial charge in [0.15, 0.2) is 0 Å². The van der Waals surface area contributed by atoms with Crippen LogP contribution < -0.4 is 10.2 Å². The van der Waals surface area contributed by atoms with E-state index in [1.54, 1.807) is 0 Å². The van der Waals surface area contributed by atoms with Gasteiger partial charge in [0.25, 0.3) is 0 Å². The number of hydrogen-bond acceptors (Lipinski definition) is 2. The number of benzene rings is 1. The number of nitrogens with zero attached hydrogens (tertiary/aromatic N) is 1. The van der Waals surface area contributed by atoms with Crippen LogP contribution in [0.15, 0.2) is 30.3 Å². The van der Waals surface area contributed by atoms with Crippen LogP contribution in [0.4, 0.5) is 5.69 Å². The fraction of sp³-hybridized carbons (Fsp3) is 0.647. The molecule has 1 atom stereocenters. The zero-order valence-corrected chi connectivity index (χ0v) is 12.2. The Balaban J connectivity index is 1.42. The van der Waals surface area contributed by atoms with Crippen molar-refractivity contribution in [3.8, 4) is 0 Å². The molecule has 3 rings (SSSR count). The second-order valence-electron chi connectivity index (χ2n) is 6.89. The number of nitrogens with one attached hydrogen (secondary N) is 1. The lowest BCUT2D eigenvalue weighted by molar-refractivity contribution is 0.394. The first-order valence-corrected chi connectivity index (χ1v) is 7.68. The van der Waals surface area contributed by atoms with Gasteiger partial charge in [0, 0.05) is 24.8 Å². The standard InChI is InChI=1S/C17H26N2/c1-17(2)12-14(17)13-18-15-8-10-19(11-9-15)16-6-4-3-5-7-16/h3-7,14-15,18H,8-13H2,1-2H3. The van der Waals surface area contributed by atoms with Crippen LogP contribution >= 0.6 is 0 Å². The summed E-state index contributed by atoms with van der Waals surface area (Å²) in [6, 6.07) is 11.5. The molecule has 2 fully saturated rings. The first-order valence-electron chi connectivity index (χ1n) is 7.68. The number of para-hydroxylation sites is 1. The molecular weight excluding hydrogens is 232 g/mol. The van der Waals surface area contributed by atoms with Crippen molar-refractivity contribution >= 4 is 5.69 Å². The summed E-state index contributed by atoms with van der Waals surface area (Å²) < 4.78 is 0. The number of piperidine rings is 1. The van der Waals surface area contributed by atoms with E-state index in [2.05, 4.69) is 54.4 Å². The molecule has 104 valence electrons. The van der Waals surface area contributed by atoms with Crippen molar-refractivity contribution in [3.05, 3.63) is 30.3 Å². The highest BCUT2D eigenvalue weighted by molar-refractivity contribution is 5.46. The van der Waals surface area contributed by atoms with E-state index < -0.39 is 0 Å². The molecule has 1 unspecified atom stereocenters. The third-order valence-corrected chi connectivity index (χ3v) is 4.99. The summed E-state index contributed by atoms with van der Waals surface area (Å²) in [7, 11) is 0. The first kappa shape index (κ1) is 13.0. The van der Waals surface area contributed by atoms with Crippen LogP contribution in [0.25, 0.3) is 0 Å². The van der Waals surface area contributed by atoms with Gasteiger partial charge in [-0.2, -0.15) is 0 Å². The minimum atomic E-state index is 0.609. The molecule has 1 aliphatic carbocycles. The van der Waals surface area contributed by atoms with Crippen LogP contribution in [0, 0.1) is 11.3 Å². The van der Waals surface area contributed by atoms with Gasteiger partial charge in [-0.1, -0.05) is 32.0 Å². The summed E-state index contributed by atoms with van der Waals surface area (Å²) >= 11 is 0. The van der Waals surface area contributed by atoms with Gasteiger partial charge in [-0.25, -0.2) is 0 Å². The van der Waals surface area contributed by atoms with Crippen LogP contribution in [0.1, 0.15) is 33.1 Å². The van der Waals surface area contributed by atoms with Gasteiger partial charge in [-0.05, 0) is 49.3 Å². The Morgan fingerprint density at radius 2 is 1.79 bits per heavy atom. The maximum Gasteiger partial charge on any atom is 0.0366 e. The predicted molar refractivity (Wildman–Crippen MR) is 81.6 cm³/mol. The molecule has 1 aromatic carbocycles. The summed E-state index contributed by atoms with van der Waals surface area (Å²) in [6.07, 6.45) is 3.97. The zero-order valence-electron chi connectivity index (χ0n) is 12.2. The number of anilines is 1. The van der Waals surface area contributed by atoms with E-state index >= 15 is 0 Å². The van der Waals surface area contributed by atoms with E-state index in [0.29, 0.717) is 5.41 Å². The third-order valence-electron chi connectivity index (χ3n) is 4.99. The van der Waals surface area contributed by atoms with Gasteiger partial charge < -0.3 is 10.2 Å². The van der Waals surface area contributed by atoms with Crippen molar-refractivity contribution in [1.29, 1.82) is 0 Å². The van der Waals surface area contributed by atoms with Gasteiger partial charge in [-0.3, -0.25) is 0 Å². The second kappa shape index (κ2) is 5.16. The minimum Gasteiger partial charge on any atom is -0.371 e. The van der Waals surface area contributed by atoms with Crippen molar-refractivity contribution in [3.63, 3.8) is 0 Å². The van der Waals surface area contributed by atoms with E-state index in [-0.39, 0.29) is 0 Å². The summed E-state index contributed by atoms with van der Waals surface area (Å²) in [5.41, 5.74) is 1.99. The maximum atomic E-state index is 3.78. The largest absolute Gasteiger partial charge is 0.371 e. The zero-order chi connectivity index (χ0) is 13.3. The average Bonchev–Trinajstić information content (AvgIpc) is 3.06. The second-order valence-corrected chi connectivity index (χ2v) is 6.89. The van der Waals surface area contributed by atoms with Crippen molar-refractivity contribution in [2.75, 3.05) is 24.5 Å². The normalized spacial score (nSPS) is 26.4. The quantitative estimate of drug-likeness (QED) is 0.891. The Kier molecular flexibility index (Phi) is 3.53. The van der Waals surface area contributed by atoms with Crippen LogP contribution in [-0.4, -0.2) is 25.7 Å². The molecule has 1 aliphatic heterocycles. The van der Waals surface area contributed by atoms with Crippen molar-refractivity contribution in [1.82, 2.24) is 5.32 Å².